The summed E-state index contributed by atoms with van der Waals surface area (Å²) in [5, 5.41) is 5.59. The molecule has 1 unspecified atom stereocenters. The summed E-state index contributed by atoms with van der Waals surface area (Å²) in [6, 6.07) is -0.00132. The second-order valence-electron chi connectivity index (χ2n) is 4.57. The van der Waals surface area contributed by atoms with Crippen LogP contribution in [-0.2, 0) is 9.59 Å². The first-order valence-corrected chi connectivity index (χ1v) is 6.02. The van der Waals surface area contributed by atoms with Gasteiger partial charge in [0.1, 0.15) is 0 Å². The maximum absolute atomic E-state index is 11.6. The number of carbonyl (C=O) groups is 2. The van der Waals surface area contributed by atoms with Crippen LogP contribution in [0.25, 0.3) is 0 Å². The van der Waals surface area contributed by atoms with Crippen LogP contribution in [0, 0.1) is 0 Å². The normalized spacial score (nSPS) is 25.8. The third-order valence-electron chi connectivity index (χ3n) is 3.20. The minimum Gasteiger partial charge on any atom is -0.354 e. The molecule has 2 heterocycles. The highest BCUT2D eigenvalue weighted by Crippen LogP contribution is 2.07. The van der Waals surface area contributed by atoms with Crippen molar-refractivity contribution in [3.05, 3.63) is 0 Å². The summed E-state index contributed by atoms with van der Waals surface area (Å²) < 4.78 is 0. The topological polar surface area (TPSA) is 61.4 Å². The van der Waals surface area contributed by atoms with E-state index >= 15 is 0 Å². The van der Waals surface area contributed by atoms with Crippen molar-refractivity contribution in [2.45, 2.75) is 31.7 Å². The predicted octanol–water partition coefficient (Wildman–Crippen LogP) is -0.523. The predicted molar refractivity (Wildman–Crippen MR) is 59.8 cm³/mol. The van der Waals surface area contributed by atoms with Crippen LogP contribution < -0.4 is 10.6 Å². The van der Waals surface area contributed by atoms with E-state index in [-0.39, 0.29) is 17.9 Å². The second-order valence-corrected chi connectivity index (χ2v) is 4.57. The van der Waals surface area contributed by atoms with Crippen LogP contribution in [0.1, 0.15) is 25.7 Å². The molecular formula is C11H19N3O2. The molecule has 0 aromatic carbocycles. The molecule has 5 heteroatoms. The van der Waals surface area contributed by atoms with E-state index in [0.717, 1.165) is 19.6 Å². The molecule has 0 saturated carbocycles. The van der Waals surface area contributed by atoms with Gasteiger partial charge in [0.15, 0.2) is 0 Å². The van der Waals surface area contributed by atoms with Crippen molar-refractivity contribution >= 4 is 11.8 Å². The summed E-state index contributed by atoms with van der Waals surface area (Å²) in [5.41, 5.74) is 0. The van der Waals surface area contributed by atoms with Gasteiger partial charge >= 0.3 is 0 Å². The first-order chi connectivity index (χ1) is 7.74. The molecule has 2 saturated heterocycles. The molecule has 0 bridgehead atoms. The molecule has 0 aromatic rings. The molecule has 2 N–H and O–H groups in total. The van der Waals surface area contributed by atoms with Crippen LogP contribution in [-0.4, -0.2) is 48.9 Å². The summed E-state index contributed by atoms with van der Waals surface area (Å²) in [4.78, 5) is 24.8. The summed E-state index contributed by atoms with van der Waals surface area (Å²) in [7, 11) is 0. The molecule has 0 aliphatic carbocycles. The molecule has 0 radical (unpaired) electrons. The number of hydrogen-bond acceptors (Lipinski definition) is 3. The van der Waals surface area contributed by atoms with E-state index in [1.54, 1.807) is 0 Å². The molecule has 5 nitrogen and oxygen atoms in total. The van der Waals surface area contributed by atoms with Gasteiger partial charge < -0.3 is 15.5 Å². The van der Waals surface area contributed by atoms with Crippen molar-refractivity contribution in [1.82, 2.24) is 15.5 Å². The Morgan fingerprint density at radius 1 is 1.44 bits per heavy atom. The smallest absolute Gasteiger partial charge is 0.222 e. The fourth-order valence-corrected chi connectivity index (χ4v) is 2.27. The maximum atomic E-state index is 11.6. The van der Waals surface area contributed by atoms with Gasteiger partial charge in [0, 0.05) is 25.9 Å². The first kappa shape index (κ1) is 11.4. The third-order valence-corrected chi connectivity index (χ3v) is 3.20. The number of rotatable bonds is 4. The summed E-state index contributed by atoms with van der Waals surface area (Å²) in [5.74, 6) is 0.0956. The van der Waals surface area contributed by atoms with Crippen LogP contribution in [0.15, 0.2) is 0 Å². The Bertz CT molecular complexity index is 274. The lowest BCUT2D eigenvalue weighted by atomic mass is 10.2. The lowest BCUT2D eigenvalue weighted by Gasteiger charge is -2.15. The highest BCUT2D eigenvalue weighted by molar-refractivity contribution is 5.82. The number of likely N-dealkylation sites (tertiary alicyclic amines) is 1. The lowest BCUT2D eigenvalue weighted by molar-refractivity contribution is -0.122. The molecule has 1 atom stereocenters. The monoisotopic (exact) mass is 225 g/mol. The molecule has 0 spiro atoms. The van der Waals surface area contributed by atoms with E-state index < -0.39 is 0 Å². The summed E-state index contributed by atoms with van der Waals surface area (Å²) in [6.45, 7) is 3.67. The van der Waals surface area contributed by atoms with E-state index in [9.17, 15) is 9.59 Å². The Hall–Kier alpha value is -1.10. The third kappa shape index (κ3) is 3.20. The van der Waals surface area contributed by atoms with Gasteiger partial charge in [-0.15, -0.1) is 0 Å². The fourth-order valence-electron chi connectivity index (χ4n) is 2.27. The van der Waals surface area contributed by atoms with Gasteiger partial charge in [0.05, 0.1) is 6.04 Å². The highest BCUT2D eigenvalue weighted by atomic mass is 16.2. The lowest BCUT2D eigenvalue weighted by Crippen LogP contribution is -2.37. The molecular weight excluding hydrogens is 206 g/mol. The van der Waals surface area contributed by atoms with Crippen molar-refractivity contribution in [2.24, 2.45) is 0 Å². The standard InChI is InChI=1S/C11H19N3O2/c15-10(3-6-14-4-1-2-5-14)13-9-7-11(16)12-8-9/h9H,1-8H2,(H,12,16)(H,13,15). The zero-order chi connectivity index (χ0) is 11.4. The Kier molecular flexibility index (Phi) is 3.77. The van der Waals surface area contributed by atoms with Crippen LogP contribution in [0.3, 0.4) is 0 Å². The number of nitrogens with zero attached hydrogens (tertiary/aromatic N) is 1. The van der Waals surface area contributed by atoms with Gasteiger partial charge in [-0.2, -0.15) is 0 Å². The number of nitrogens with one attached hydrogen (secondary N) is 2. The minimum absolute atomic E-state index is 0.00132. The van der Waals surface area contributed by atoms with E-state index in [1.165, 1.54) is 12.8 Å². The molecule has 2 fully saturated rings. The summed E-state index contributed by atoms with van der Waals surface area (Å²) in [6.07, 6.45) is 3.48. The molecule has 16 heavy (non-hydrogen) atoms. The molecule has 2 aliphatic rings. The number of hydrogen-bond donors (Lipinski definition) is 2. The zero-order valence-corrected chi connectivity index (χ0v) is 9.50. The first-order valence-electron chi connectivity index (χ1n) is 6.02. The van der Waals surface area contributed by atoms with E-state index in [0.29, 0.717) is 19.4 Å². The highest BCUT2D eigenvalue weighted by Gasteiger charge is 2.23. The van der Waals surface area contributed by atoms with Gasteiger partial charge in [-0.1, -0.05) is 0 Å². The average molecular weight is 225 g/mol. The van der Waals surface area contributed by atoms with Gasteiger partial charge in [-0.25, -0.2) is 0 Å². The van der Waals surface area contributed by atoms with Crippen molar-refractivity contribution in [2.75, 3.05) is 26.2 Å². The quantitative estimate of drug-likeness (QED) is 0.676. The van der Waals surface area contributed by atoms with E-state index in [1.807, 2.05) is 0 Å². The molecule has 90 valence electrons. The van der Waals surface area contributed by atoms with Crippen LogP contribution >= 0.6 is 0 Å². The average Bonchev–Trinajstić information content (AvgIpc) is 2.87. The van der Waals surface area contributed by atoms with Crippen LogP contribution in [0.2, 0.25) is 0 Å². The van der Waals surface area contributed by atoms with E-state index in [4.69, 9.17) is 0 Å². The van der Waals surface area contributed by atoms with Crippen molar-refractivity contribution in [3.8, 4) is 0 Å². The minimum atomic E-state index is -0.00132. The second kappa shape index (κ2) is 5.30. The summed E-state index contributed by atoms with van der Waals surface area (Å²) >= 11 is 0. The fraction of sp³-hybridized carbons (Fsp3) is 0.818. The van der Waals surface area contributed by atoms with Crippen molar-refractivity contribution in [3.63, 3.8) is 0 Å². The largest absolute Gasteiger partial charge is 0.354 e. The van der Waals surface area contributed by atoms with Gasteiger partial charge in [0.2, 0.25) is 11.8 Å². The molecule has 2 aliphatic heterocycles. The van der Waals surface area contributed by atoms with Gasteiger partial charge in [-0.05, 0) is 25.9 Å². The van der Waals surface area contributed by atoms with Crippen LogP contribution in [0.4, 0.5) is 0 Å². The molecule has 0 aromatic heterocycles. The van der Waals surface area contributed by atoms with Gasteiger partial charge in [-0.3, -0.25) is 9.59 Å². The van der Waals surface area contributed by atoms with E-state index in [2.05, 4.69) is 15.5 Å². The molecule has 2 amide bonds. The number of amides is 2. The maximum Gasteiger partial charge on any atom is 0.222 e. The van der Waals surface area contributed by atoms with Crippen LogP contribution in [0.5, 0.6) is 0 Å². The molecule has 2 rings (SSSR count). The Labute approximate surface area is 95.6 Å². The Balaban J connectivity index is 1.62. The SMILES string of the molecule is O=C1CC(NC(=O)CCN2CCCC2)CN1. The van der Waals surface area contributed by atoms with Crippen molar-refractivity contribution in [1.29, 1.82) is 0 Å². The Morgan fingerprint density at radius 3 is 2.81 bits per heavy atom. The zero-order valence-electron chi connectivity index (χ0n) is 9.50. The Morgan fingerprint density at radius 2 is 2.19 bits per heavy atom. The van der Waals surface area contributed by atoms with Crippen molar-refractivity contribution < 1.29 is 9.59 Å². The van der Waals surface area contributed by atoms with Gasteiger partial charge in [0.25, 0.3) is 0 Å². The number of carbonyl (C=O) groups excluding carboxylic acids is 2.